The molecule has 2 aromatic rings. The highest BCUT2D eigenvalue weighted by Gasteiger charge is 2.48. The fourth-order valence-corrected chi connectivity index (χ4v) is 5.36. The molecule has 0 aromatic heterocycles. The molecule has 2 aliphatic rings. The number of hydrogen-bond donors (Lipinski definition) is 0. The van der Waals surface area contributed by atoms with E-state index in [1.807, 2.05) is 0 Å². The molecule has 0 bridgehead atoms. The van der Waals surface area contributed by atoms with Crippen molar-refractivity contribution in [1.82, 2.24) is 4.90 Å². The maximum atomic E-state index is 13.0. The van der Waals surface area contributed by atoms with Gasteiger partial charge in [-0.3, -0.25) is 4.90 Å². The van der Waals surface area contributed by atoms with Crippen LogP contribution in [0.15, 0.2) is 42.2 Å². The van der Waals surface area contributed by atoms with Crippen LogP contribution < -0.4 is 18.9 Å². The van der Waals surface area contributed by atoms with Gasteiger partial charge in [-0.2, -0.15) is 0 Å². The first-order valence-corrected chi connectivity index (χ1v) is 11.4. The summed E-state index contributed by atoms with van der Waals surface area (Å²) in [5.74, 6) is 2.41. The van der Waals surface area contributed by atoms with E-state index < -0.39 is 5.97 Å². The first-order chi connectivity index (χ1) is 16.4. The van der Waals surface area contributed by atoms with Crippen molar-refractivity contribution in [3.05, 3.63) is 58.9 Å². The van der Waals surface area contributed by atoms with Gasteiger partial charge >= 0.3 is 5.97 Å². The molecule has 0 N–H and O–H groups in total. The Morgan fingerprint density at radius 1 is 0.941 bits per heavy atom. The molecule has 7 nitrogen and oxygen atoms in total. The first kappa shape index (κ1) is 24.0. The Hall–Kier alpha value is -3.19. The van der Waals surface area contributed by atoms with Crippen LogP contribution in [0.5, 0.6) is 23.0 Å². The second kappa shape index (κ2) is 9.58. The van der Waals surface area contributed by atoms with Gasteiger partial charge in [0.15, 0.2) is 11.5 Å². The molecule has 0 radical (unpaired) electrons. The summed E-state index contributed by atoms with van der Waals surface area (Å²) < 4.78 is 27.4. The average molecular weight is 468 g/mol. The molecular formula is C27H33NO6. The highest BCUT2D eigenvalue weighted by atomic mass is 16.5. The third kappa shape index (κ3) is 4.09. The third-order valence-corrected chi connectivity index (χ3v) is 7.21. The molecule has 1 aliphatic carbocycles. The van der Waals surface area contributed by atoms with Crippen molar-refractivity contribution in [2.24, 2.45) is 0 Å². The lowest BCUT2D eigenvalue weighted by Crippen LogP contribution is -2.42. The van der Waals surface area contributed by atoms with Crippen molar-refractivity contribution in [1.29, 1.82) is 0 Å². The number of aryl methyl sites for hydroxylation is 1. The van der Waals surface area contributed by atoms with E-state index in [0.29, 0.717) is 35.0 Å². The first-order valence-electron chi connectivity index (χ1n) is 11.4. The number of benzene rings is 2. The Morgan fingerprint density at radius 2 is 1.62 bits per heavy atom. The Balaban J connectivity index is 1.61. The van der Waals surface area contributed by atoms with Crippen LogP contribution in [-0.2, 0) is 10.2 Å². The van der Waals surface area contributed by atoms with Crippen molar-refractivity contribution >= 4 is 5.97 Å². The van der Waals surface area contributed by atoms with Crippen LogP contribution >= 0.6 is 0 Å². The molecule has 0 unspecified atom stereocenters. The highest BCUT2D eigenvalue weighted by Crippen LogP contribution is 2.48. The number of carbonyl (C=O) groups is 1. The number of fused-ring (bicyclic) bond motifs is 1. The minimum Gasteiger partial charge on any atom is -0.496 e. The van der Waals surface area contributed by atoms with Crippen LogP contribution in [0.3, 0.4) is 0 Å². The number of likely N-dealkylation sites (N-methyl/N-ethyl adjacent to an activating group) is 1. The lowest BCUT2D eigenvalue weighted by Gasteiger charge is -2.40. The van der Waals surface area contributed by atoms with Crippen LogP contribution in [0.2, 0.25) is 0 Å². The molecule has 1 saturated heterocycles. The van der Waals surface area contributed by atoms with Crippen LogP contribution in [-0.4, -0.2) is 58.9 Å². The second-order valence-corrected chi connectivity index (χ2v) is 8.95. The minimum atomic E-state index is -0.445. The van der Waals surface area contributed by atoms with Gasteiger partial charge < -0.3 is 23.7 Å². The molecule has 1 heterocycles. The summed E-state index contributed by atoms with van der Waals surface area (Å²) in [6.07, 6.45) is 4.77. The summed E-state index contributed by atoms with van der Waals surface area (Å²) >= 11 is 0. The molecule has 7 heteroatoms. The smallest absolute Gasteiger partial charge is 0.343 e. The van der Waals surface area contributed by atoms with E-state index in [9.17, 15) is 4.79 Å². The molecule has 0 spiro atoms. The van der Waals surface area contributed by atoms with Gasteiger partial charge in [-0.1, -0.05) is 12.1 Å². The number of hydrogen-bond acceptors (Lipinski definition) is 7. The zero-order valence-electron chi connectivity index (χ0n) is 20.8. The summed E-state index contributed by atoms with van der Waals surface area (Å²) in [5, 5.41) is 0. The summed E-state index contributed by atoms with van der Waals surface area (Å²) in [6.45, 7) is 3.07. The number of carbonyl (C=O) groups excluding carboxylic acids is 1. The average Bonchev–Trinajstić information content (AvgIpc) is 3.19. The van der Waals surface area contributed by atoms with Gasteiger partial charge in [-0.15, -0.1) is 0 Å². The predicted molar refractivity (Wildman–Crippen MR) is 129 cm³/mol. The van der Waals surface area contributed by atoms with Gasteiger partial charge in [0.05, 0.1) is 34.0 Å². The SMILES string of the molecule is COc1ccc([C@@]23CCC(OC(=O)c4cc(OC)c(OC)c(OC)c4)=C[C@@H]2N(C)CC3)cc1C. The molecule has 34 heavy (non-hydrogen) atoms. The fraction of sp³-hybridized carbons (Fsp3) is 0.444. The summed E-state index contributed by atoms with van der Waals surface area (Å²) in [7, 11) is 8.40. The largest absolute Gasteiger partial charge is 0.496 e. The van der Waals surface area contributed by atoms with E-state index in [0.717, 1.165) is 30.7 Å². The molecule has 2 aromatic carbocycles. The van der Waals surface area contributed by atoms with Gasteiger partial charge in [0, 0.05) is 17.9 Å². The number of rotatable bonds is 7. The molecule has 182 valence electrons. The summed E-state index contributed by atoms with van der Waals surface area (Å²) in [6, 6.07) is 9.85. The van der Waals surface area contributed by atoms with Gasteiger partial charge in [0.25, 0.3) is 0 Å². The van der Waals surface area contributed by atoms with Crippen molar-refractivity contribution in [3.63, 3.8) is 0 Å². The second-order valence-electron chi connectivity index (χ2n) is 8.95. The maximum absolute atomic E-state index is 13.0. The van der Waals surface area contributed by atoms with E-state index in [4.69, 9.17) is 23.7 Å². The van der Waals surface area contributed by atoms with E-state index in [-0.39, 0.29) is 11.5 Å². The van der Waals surface area contributed by atoms with Gasteiger partial charge in [0.2, 0.25) is 5.75 Å². The number of ether oxygens (including phenoxy) is 5. The zero-order valence-corrected chi connectivity index (χ0v) is 20.8. The molecule has 2 atom stereocenters. The van der Waals surface area contributed by atoms with Crippen LogP contribution in [0.1, 0.15) is 40.7 Å². The zero-order chi connectivity index (χ0) is 24.5. The Labute approximate surface area is 201 Å². The Bertz CT molecular complexity index is 1090. The minimum absolute atomic E-state index is 0.00571. The lowest BCUT2D eigenvalue weighted by molar-refractivity contribution is 0.0592. The quantitative estimate of drug-likeness (QED) is 0.555. The van der Waals surface area contributed by atoms with E-state index in [2.05, 4.69) is 43.1 Å². The van der Waals surface area contributed by atoms with Crippen molar-refractivity contribution < 1.29 is 28.5 Å². The van der Waals surface area contributed by atoms with Gasteiger partial charge in [-0.25, -0.2) is 4.79 Å². The summed E-state index contributed by atoms with van der Waals surface area (Å²) in [5.41, 5.74) is 2.78. The Morgan fingerprint density at radius 3 is 2.21 bits per heavy atom. The topological polar surface area (TPSA) is 66.5 Å². The number of allylic oxidation sites excluding steroid dienone is 1. The van der Waals surface area contributed by atoms with E-state index in [1.165, 1.54) is 26.9 Å². The fourth-order valence-electron chi connectivity index (χ4n) is 5.36. The van der Waals surface area contributed by atoms with Crippen molar-refractivity contribution in [3.8, 4) is 23.0 Å². The molecule has 0 saturated carbocycles. The predicted octanol–water partition coefficient (Wildman–Crippen LogP) is 4.51. The highest BCUT2D eigenvalue weighted by molar-refractivity contribution is 5.92. The standard InChI is InChI=1S/C27H33NO6/c1-17-13-19(7-8-21(17)30-3)27-10-9-20(16-24(27)28(2)12-11-27)34-26(29)18-14-22(31-4)25(33-6)23(15-18)32-5/h7-8,13-16,24H,9-12H2,1-6H3/t24-,27-/m0/s1. The molecule has 0 amide bonds. The number of esters is 1. The number of methoxy groups -OCH3 is 4. The maximum Gasteiger partial charge on any atom is 0.343 e. The monoisotopic (exact) mass is 467 g/mol. The van der Waals surface area contributed by atoms with Gasteiger partial charge in [0.1, 0.15) is 11.5 Å². The molecular weight excluding hydrogens is 434 g/mol. The van der Waals surface area contributed by atoms with Gasteiger partial charge in [-0.05, 0) is 68.8 Å². The number of nitrogens with zero attached hydrogens (tertiary/aromatic N) is 1. The summed E-state index contributed by atoms with van der Waals surface area (Å²) in [4.78, 5) is 15.4. The van der Waals surface area contributed by atoms with Crippen molar-refractivity contribution in [2.45, 2.75) is 37.6 Å². The lowest BCUT2D eigenvalue weighted by atomic mass is 9.68. The molecule has 4 rings (SSSR count). The molecule has 1 aliphatic heterocycles. The normalized spacial score (nSPS) is 21.9. The van der Waals surface area contributed by atoms with Crippen LogP contribution in [0, 0.1) is 6.92 Å². The number of likely N-dealkylation sites (tertiary alicyclic amines) is 1. The van der Waals surface area contributed by atoms with Crippen LogP contribution in [0.4, 0.5) is 0 Å². The Kier molecular flexibility index (Phi) is 6.75. The molecule has 1 fully saturated rings. The van der Waals surface area contributed by atoms with Crippen LogP contribution in [0.25, 0.3) is 0 Å². The van der Waals surface area contributed by atoms with E-state index in [1.54, 1.807) is 19.2 Å². The third-order valence-electron chi connectivity index (χ3n) is 7.21. The van der Waals surface area contributed by atoms with E-state index >= 15 is 0 Å². The van der Waals surface area contributed by atoms with Crippen molar-refractivity contribution in [2.75, 3.05) is 42.0 Å².